The van der Waals surface area contributed by atoms with Crippen molar-refractivity contribution < 1.29 is 4.39 Å². The van der Waals surface area contributed by atoms with Crippen LogP contribution in [0.25, 0.3) is 10.9 Å². The van der Waals surface area contributed by atoms with E-state index in [4.69, 9.17) is 12.2 Å². The number of H-pyrrole nitrogens is 1. The molecule has 4 aliphatic carbocycles. The van der Waals surface area contributed by atoms with Crippen LogP contribution in [0, 0.1) is 23.6 Å². The molecule has 0 atom stereocenters. The van der Waals surface area contributed by atoms with Gasteiger partial charge in [0.25, 0.3) is 0 Å². The van der Waals surface area contributed by atoms with Crippen molar-refractivity contribution in [2.24, 2.45) is 17.8 Å². The van der Waals surface area contributed by atoms with E-state index < -0.39 is 0 Å². The molecule has 2 N–H and O–H groups in total. The molecule has 142 valence electrons. The van der Waals surface area contributed by atoms with E-state index in [0.717, 1.165) is 53.3 Å². The summed E-state index contributed by atoms with van der Waals surface area (Å²) < 4.78 is 13.8. The van der Waals surface area contributed by atoms with Crippen LogP contribution in [0.5, 0.6) is 0 Å². The summed E-state index contributed by atoms with van der Waals surface area (Å²) in [5, 5.41) is 5.77. The lowest BCUT2D eigenvalue weighted by molar-refractivity contribution is -0.0113. The van der Waals surface area contributed by atoms with Crippen molar-refractivity contribution in [3.05, 3.63) is 35.3 Å². The van der Waals surface area contributed by atoms with Crippen LogP contribution >= 0.6 is 12.2 Å². The smallest absolute Gasteiger partial charge is 0.169 e. The lowest BCUT2D eigenvalue weighted by atomic mass is 9.53. The normalized spacial score (nSPS) is 34.1. The van der Waals surface area contributed by atoms with Crippen LogP contribution in [0.1, 0.15) is 49.8 Å². The fraction of sp³-hybridized carbons (Fsp3) is 0.591. The van der Waals surface area contributed by atoms with Crippen LogP contribution < -0.4 is 5.32 Å². The molecule has 0 unspecified atom stereocenters. The number of aromatic amines is 1. The van der Waals surface area contributed by atoms with Crippen molar-refractivity contribution in [2.75, 3.05) is 6.54 Å². The summed E-state index contributed by atoms with van der Waals surface area (Å²) in [5.41, 5.74) is 3.73. The standard InChI is InChI=1S/C22H26FN3S/c23-16-1-2-19-17(8-16)18-12-26(4-3-20(18)24-19)21(27)25-22-9-13-5-14(10-22)7-15(6-13)11-22/h1-2,8,13-15,24H,3-7,9-12H2,(H,25,27). The van der Waals surface area contributed by atoms with Gasteiger partial charge in [-0.3, -0.25) is 0 Å². The molecule has 3 nitrogen and oxygen atoms in total. The fourth-order valence-electron chi connectivity index (χ4n) is 6.93. The Labute approximate surface area is 164 Å². The molecule has 0 saturated heterocycles. The van der Waals surface area contributed by atoms with Crippen molar-refractivity contribution in [3.63, 3.8) is 0 Å². The second kappa shape index (κ2) is 5.69. The Morgan fingerprint density at radius 2 is 1.85 bits per heavy atom. The summed E-state index contributed by atoms with van der Waals surface area (Å²) in [6.45, 7) is 1.71. The number of nitrogens with one attached hydrogen (secondary N) is 2. The molecular weight excluding hydrogens is 357 g/mol. The quantitative estimate of drug-likeness (QED) is 0.711. The average Bonchev–Trinajstić information content (AvgIpc) is 2.97. The molecule has 4 fully saturated rings. The molecule has 4 bridgehead atoms. The zero-order valence-corrected chi connectivity index (χ0v) is 16.4. The van der Waals surface area contributed by atoms with Crippen LogP contribution in [0.2, 0.25) is 0 Å². The molecule has 0 radical (unpaired) electrons. The molecule has 1 aromatic heterocycles. The van der Waals surface area contributed by atoms with Gasteiger partial charge in [0.1, 0.15) is 5.82 Å². The van der Waals surface area contributed by atoms with Crippen LogP contribution in [0.15, 0.2) is 18.2 Å². The van der Waals surface area contributed by atoms with Gasteiger partial charge in [0.15, 0.2) is 5.11 Å². The Bertz CT molecular complexity index is 898. The van der Waals surface area contributed by atoms with Crippen LogP contribution in [-0.4, -0.2) is 27.1 Å². The van der Waals surface area contributed by atoms with E-state index in [-0.39, 0.29) is 11.4 Å². The molecule has 0 amide bonds. The number of benzene rings is 1. The summed E-state index contributed by atoms with van der Waals surface area (Å²) >= 11 is 5.89. The second-order valence-corrected chi connectivity index (χ2v) is 9.96. The van der Waals surface area contributed by atoms with E-state index in [1.54, 1.807) is 6.07 Å². The van der Waals surface area contributed by atoms with Gasteiger partial charge in [-0.1, -0.05) is 0 Å². The van der Waals surface area contributed by atoms with Crippen LogP contribution in [0.4, 0.5) is 4.39 Å². The summed E-state index contributed by atoms with van der Waals surface area (Å²) in [7, 11) is 0. The highest BCUT2D eigenvalue weighted by atomic mass is 32.1. The van der Waals surface area contributed by atoms with E-state index >= 15 is 0 Å². The van der Waals surface area contributed by atoms with E-state index in [2.05, 4.69) is 15.2 Å². The van der Waals surface area contributed by atoms with Gasteiger partial charge in [-0.25, -0.2) is 4.39 Å². The van der Waals surface area contributed by atoms with Gasteiger partial charge in [0.05, 0.1) is 0 Å². The Balaban J connectivity index is 1.24. The Morgan fingerprint density at radius 1 is 1.15 bits per heavy atom. The zero-order valence-electron chi connectivity index (χ0n) is 15.6. The lowest BCUT2D eigenvalue weighted by Crippen LogP contribution is -2.62. The number of rotatable bonds is 1. The molecule has 1 aliphatic heterocycles. The van der Waals surface area contributed by atoms with Gasteiger partial charge < -0.3 is 15.2 Å². The van der Waals surface area contributed by atoms with E-state index in [0.29, 0.717) is 0 Å². The van der Waals surface area contributed by atoms with E-state index in [9.17, 15) is 4.39 Å². The van der Waals surface area contributed by atoms with Crippen molar-refractivity contribution >= 4 is 28.2 Å². The summed E-state index contributed by atoms with van der Waals surface area (Å²) in [5.74, 6) is 2.57. The first kappa shape index (κ1) is 16.3. The SMILES string of the molecule is Fc1ccc2[nH]c3c(c2c1)CN(C(=S)NC12CC4CC(CC(C4)C1)C2)CC3. The average molecular weight is 384 g/mol. The van der Waals surface area contributed by atoms with Gasteiger partial charge in [-0.15, -0.1) is 0 Å². The van der Waals surface area contributed by atoms with Gasteiger partial charge in [0, 0.05) is 47.2 Å². The molecule has 0 spiro atoms. The van der Waals surface area contributed by atoms with Crippen LogP contribution in [0.3, 0.4) is 0 Å². The number of nitrogens with zero attached hydrogens (tertiary/aromatic N) is 1. The highest BCUT2D eigenvalue weighted by molar-refractivity contribution is 7.80. The van der Waals surface area contributed by atoms with Crippen molar-refractivity contribution in [2.45, 2.75) is 57.0 Å². The number of fused-ring (bicyclic) bond motifs is 3. The first-order valence-electron chi connectivity index (χ1n) is 10.4. The highest BCUT2D eigenvalue weighted by Gasteiger charge is 2.51. The maximum absolute atomic E-state index is 13.8. The number of thiocarbonyl (C=S) groups is 1. The summed E-state index contributed by atoms with van der Waals surface area (Å²) in [6.07, 6.45) is 9.18. The third kappa shape index (κ3) is 2.61. The molecule has 5 heteroatoms. The Kier molecular flexibility index (Phi) is 3.45. The third-order valence-electron chi connectivity index (χ3n) is 7.63. The first-order valence-corrected chi connectivity index (χ1v) is 10.8. The minimum absolute atomic E-state index is 0.171. The predicted octanol–water partition coefficient (Wildman–Crippen LogP) is 4.51. The monoisotopic (exact) mass is 383 g/mol. The summed E-state index contributed by atoms with van der Waals surface area (Å²) in [4.78, 5) is 5.77. The first-order chi connectivity index (χ1) is 13.1. The highest BCUT2D eigenvalue weighted by Crippen LogP contribution is 2.55. The molecule has 5 aliphatic rings. The minimum Gasteiger partial charge on any atom is -0.358 e. The van der Waals surface area contributed by atoms with Crippen LogP contribution in [-0.2, 0) is 13.0 Å². The van der Waals surface area contributed by atoms with Crippen molar-refractivity contribution in [1.29, 1.82) is 0 Å². The summed E-state index contributed by atoms with van der Waals surface area (Å²) in [6, 6.07) is 5.03. The second-order valence-electron chi connectivity index (χ2n) is 9.57. The molecule has 27 heavy (non-hydrogen) atoms. The zero-order chi connectivity index (χ0) is 18.2. The van der Waals surface area contributed by atoms with Crippen molar-refractivity contribution in [3.8, 4) is 0 Å². The molecule has 2 aromatic rings. The maximum atomic E-state index is 13.8. The maximum Gasteiger partial charge on any atom is 0.169 e. The third-order valence-corrected chi connectivity index (χ3v) is 8.00. The predicted molar refractivity (Wildman–Crippen MR) is 109 cm³/mol. The fourth-order valence-corrected chi connectivity index (χ4v) is 7.30. The molecule has 1 aromatic carbocycles. The van der Waals surface area contributed by atoms with Gasteiger partial charge in [0.2, 0.25) is 0 Å². The van der Waals surface area contributed by atoms with Gasteiger partial charge in [-0.2, -0.15) is 0 Å². The van der Waals surface area contributed by atoms with Gasteiger partial charge >= 0.3 is 0 Å². The minimum atomic E-state index is -0.171. The van der Waals surface area contributed by atoms with Gasteiger partial charge in [-0.05, 0) is 86.7 Å². The number of halogens is 1. The molecule has 7 rings (SSSR count). The topological polar surface area (TPSA) is 31.1 Å². The van der Waals surface area contributed by atoms with Crippen molar-refractivity contribution in [1.82, 2.24) is 15.2 Å². The lowest BCUT2D eigenvalue weighted by Gasteiger charge is -2.57. The molecular formula is C22H26FN3S. The number of aromatic nitrogens is 1. The number of hydrogen-bond acceptors (Lipinski definition) is 1. The Hall–Kier alpha value is -1.62. The molecule has 2 heterocycles. The largest absolute Gasteiger partial charge is 0.358 e. The van der Waals surface area contributed by atoms with E-state index in [1.165, 1.54) is 55.8 Å². The Morgan fingerprint density at radius 3 is 2.56 bits per heavy atom. The van der Waals surface area contributed by atoms with E-state index in [1.807, 2.05) is 6.07 Å². The number of hydrogen-bond donors (Lipinski definition) is 2. The molecule has 4 saturated carbocycles.